The van der Waals surface area contributed by atoms with Gasteiger partial charge in [-0.2, -0.15) is 0 Å². The van der Waals surface area contributed by atoms with Crippen molar-refractivity contribution >= 4 is 22.9 Å². The standard InChI is InChI=1S/C16H15ClO2S/c1-12-5-6-16(15(17)8-12)19-10-14-9-13(11-20-14)4-2-3-7-18/h5-6,8-9,11,18H,3,7,10H2,1H3. The minimum atomic E-state index is 0.0963. The molecule has 0 fully saturated rings. The first kappa shape index (κ1) is 14.9. The van der Waals surface area contributed by atoms with E-state index in [2.05, 4.69) is 11.8 Å². The summed E-state index contributed by atoms with van der Waals surface area (Å²) in [6.07, 6.45) is 0.501. The van der Waals surface area contributed by atoms with Crippen LogP contribution in [0.15, 0.2) is 29.6 Å². The lowest BCUT2D eigenvalue weighted by Gasteiger charge is -2.07. The molecule has 0 amide bonds. The van der Waals surface area contributed by atoms with Crippen LogP contribution < -0.4 is 4.74 Å². The minimum absolute atomic E-state index is 0.0963. The molecule has 0 saturated heterocycles. The molecule has 0 saturated carbocycles. The van der Waals surface area contributed by atoms with Gasteiger partial charge in [0.1, 0.15) is 12.4 Å². The van der Waals surface area contributed by atoms with E-state index in [1.165, 1.54) is 0 Å². The Bertz CT molecular complexity index is 637. The molecule has 1 heterocycles. The van der Waals surface area contributed by atoms with Crippen molar-refractivity contribution < 1.29 is 9.84 Å². The van der Waals surface area contributed by atoms with E-state index in [0.29, 0.717) is 23.8 Å². The molecule has 2 nitrogen and oxygen atoms in total. The summed E-state index contributed by atoms with van der Waals surface area (Å²) < 4.78 is 5.71. The van der Waals surface area contributed by atoms with Crippen LogP contribution in [0.1, 0.15) is 22.4 Å². The quantitative estimate of drug-likeness (QED) is 0.864. The summed E-state index contributed by atoms with van der Waals surface area (Å²) in [7, 11) is 0. The lowest BCUT2D eigenvalue weighted by Crippen LogP contribution is -1.93. The fourth-order valence-electron chi connectivity index (χ4n) is 1.61. The molecule has 0 bridgehead atoms. The van der Waals surface area contributed by atoms with Gasteiger partial charge in [0.25, 0.3) is 0 Å². The number of aliphatic hydroxyl groups excluding tert-OH is 1. The number of aliphatic hydroxyl groups is 1. The highest BCUT2D eigenvalue weighted by Crippen LogP contribution is 2.26. The molecule has 0 spiro atoms. The Morgan fingerprint density at radius 2 is 2.20 bits per heavy atom. The van der Waals surface area contributed by atoms with Crippen molar-refractivity contribution in [3.05, 3.63) is 50.7 Å². The molecule has 104 valence electrons. The van der Waals surface area contributed by atoms with Crippen molar-refractivity contribution in [3.63, 3.8) is 0 Å². The van der Waals surface area contributed by atoms with Gasteiger partial charge < -0.3 is 9.84 Å². The Morgan fingerprint density at radius 1 is 1.35 bits per heavy atom. The van der Waals surface area contributed by atoms with E-state index in [4.69, 9.17) is 21.4 Å². The summed E-state index contributed by atoms with van der Waals surface area (Å²) in [5.74, 6) is 6.59. The molecular formula is C16H15ClO2S. The molecule has 2 rings (SSSR count). The first-order chi connectivity index (χ1) is 9.69. The predicted molar refractivity (Wildman–Crippen MR) is 83.4 cm³/mol. The Labute approximate surface area is 128 Å². The minimum Gasteiger partial charge on any atom is -0.487 e. The van der Waals surface area contributed by atoms with Gasteiger partial charge in [0.2, 0.25) is 0 Å². The molecule has 1 N–H and O–H groups in total. The van der Waals surface area contributed by atoms with Crippen LogP contribution in [-0.4, -0.2) is 11.7 Å². The van der Waals surface area contributed by atoms with E-state index in [9.17, 15) is 0 Å². The van der Waals surface area contributed by atoms with Gasteiger partial charge >= 0.3 is 0 Å². The average Bonchev–Trinajstić information content (AvgIpc) is 2.86. The molecule has 0 aliphatic carbocycles. The van der Waals surface area contributed by atoms with E-state index < -0.39 is 0 Å². The van der Waals surface area contributed by atoms with Crippen LogP contribution in [0.4, 0.5) is 0 Å². The summed E-state index contributed by atoms with van der Waals surface area (Å²) in [6.45, 7) is 2.57. The molecule has 0 unspecified atom stereocenters. The summed E-state index contributed by atoms with van der Waals surface area (Å²) in [6, 6.07) is 7.74. The molecule has 0 atom stereocenters. The van der Waals surface area contributed by atoms with Crippen molar-refractivity contribution in [2.24, 2.45) is 0 Å². The summed E-state index contributed by atoms with van der Waals surface area (Å²) >= 11 is 7.72. The monoisotopic (exact) mass is 306 g/mol. The van der Waals surface area contributed by atoms with Gasteiger partial charge in [0.05, 0.1) is 11.6 Å². The summed E-state index contributed by atoms with van der Waals surface area (Å²) in [5.41, 5.74) is 2.07. The first-order valence-electron chi connectivity index (χ1n) is 6.25. The highest BCUT2D eigenvalue weighted by molar-refractivity contribution is 7.10. The molecule has 0 aliphatic heterocycles. The average molecular weight is 307 g/mol. The van der Waals surface area contributed by atoms with Crippen LogP contribution in [-0.2, 0) is 6.61 Å². The number of hydrogen-bond donors (Lipinski definition) is 1. The van der Waals surface area contributed by atoms with Crippen molar-refractivity contribution in [3.8, 4) is 17.6 Å². The molecule has 20 heavy (non-hydrogen) atoms. The van der Waals surface area contributed by atoms with Crippen molar-refractivity contribution in [1.82, 2.24) is 0 Å². The second-order valence-electron chi connectivity index (χ2n) is 4.30. The van der Waals surface area contributed by atoms with Crippen molar-refractivity contribution in [1.29, 1.82) is 0 Å². The number of thiophene rings is 1. The first-order valence-corrected chi connectivity index (χ1v) is 7.51. The number of ether oxygens (including phenoxy) is 1. The van der Waals surface area contributed by atoms with Crippen LogP contribution in [0, 0.1) is 18.8 Å². The smallest absolute Gasteiger partial charge is 0.138 e. The lowest BCUT2D eigenvalue weighted by atomic mass is 10.2. The Morgan fingerprint density at radius 3 is 2.95 bits per heavy atom. The maximum absolute atomic E-state index is 8.67. The largest absolute Gasteiger partial charge is 0.487 e. The fraction of sp³-hybridized carbons (Fsp3) is 0.250. The number of halogens is 1. The van der Waals surface area contributed by atoms with E-state index in [1.54, 1.807) is 11.3 Å². The van der Waals surface area contributed by atoms with Gasteiger partial charge in [-0.1, -0.05) is 29.5 Å². The molecule has 2 aromatic rings. The zero-order valence-corrected chi connectivity index (χ0v) is 12.7. The number of benzene rings is 1. The number of hydrogen-bond acceptors (Lipinski definition) is 3. The van der Waals surface area contributed by atoms with Gasteiger partial charge in [-0.3, -0.25) is 0 Å². The third-order valence-electron chi connectivity index (χ3n) is 2.58. The predicted octanol–water partition coefficient (Wildman–Crippen LogP) is 4.02. The molecule has 0 aliphatic rings. The molecule has 0 radical (unpaired) electrons. The van der Waals surface area contributed by atoms with Crippen LogP contribution in [0.3, 0.4) is 0 Å². The fourth-order valence-corrected chi connectivity index (χ4v) is 2.63. The van der Waals surface area contributed by atoms with Gasteiger partial charge in [0, 0.05) is 22.2 Å². The molecule has 1 aromatic heterocycles. The topological polar surface area (TPSA) is 29.5 Å². The zero-order chi connectivity index (χ0) is 14.4. The van der Waals surface area contributed by atoms with E-state index >= 15 is 0 Å². The summed E-state index contributed by atoms with van der Waals surface area (Å²) in [5, 5.41) is 11.3. The van der Waals surface area contributed by atoms with Crippen molar-refractivity contribution in [2.45, 2.75) is 20.0 Å². The molecular weight excluding hydrogens is 292 g/mol. The van der Waals surface area contributed by atoms with Gasteiger partial charge in [-0.05, 0) is 30.7 Å². The highest BCUT2D eigenvalue weighted by Gasteiger charge is 2.03. The van der Waals surface area contributed by atoms with Gasteiger partial charge in [-0.15, -0.1) is 11.3 Å². The van der Waals surface area contributed by atoms with Gasteiger partial charge in [-0.25, -0.2) is 0 Å². The van der Waals surface area contributed by atoms with Crippen molar-refractivity contribution in [2.75, 3.05) is 6.61 Å². The zero-order valence-electron chi connectivity index (χ0n) is 11.1. The van der Waals surface area contributed by atoms with Crippen LogP contribution in [0.2, 0.25) is 5.02 Å². The third kappa shape index (κ3) is 4.28. The summed E-state index contributed by atoms with van der Waals surface area (Å²) in [4.78, 5) is 1.09. The normalized spacial score (nSPS) is 9.95. The highest BCUT2D eigenvalue weighted by atomic mass is 35.5. The maximum atomic E-state index is 8.67. The van der Waals surface area contributed by atoms with E-state index in [1.807, 2.05) is 36.6 Å². The lowest BCUT2D eigenvalue weighted by molar-refractivity contribution is 0.305. The van der Waals surface area contributed by atoms with E-state index in [0.717, 1.165) is 16.0 Å². The molecule has 1 aromatic carbocycles. The maximum Gasteiger partial charge on any atom is 0.138 e. The van der Waals surface area contributed by atoms with Crippen LogP contribution in [0.25, 0.3) is 0 Å². The van der Waals surface area contributed by atoms with E-state index in [-0.39, 0.29) is 6.61 Å². The Balaban J connectivity index is 1.96. The number of aryl methyl sites for hydroxylation is 1. The number of rotatable bonds is 4. The SMILES string of the molecule is Cc1ccc(OCc2cc(C#CCCO)cs2)c(Cl)c1. The second-order valence-corrected chi connectivity index (χ2v) is 5.70. The Kier molecular flexibility index (Phi) is 5.49. The van der Waals surface area contributed by atoms with Gasteiger partial charge in [0.15, 0.2) is 0 Å². The Hall–Kier alpha value is -1.47. The van der Waals surface area contributed by atoms with Crippen LogP contribution in [0.5, 0.6) is 5.75 Å². The van der Waals surface area contributed by atoms with Crippen LogP contribution >= 0.6 is 22.9 Å². The second kappa shape index (κ2) is 7.35. The third-order valence-corrected chi connectivity index (χ3v) is 3.79. The molecule has 4 heteroatoms.